The van der Waals surface area contributed by atoms with E-state index in [1.165, 1.54) is 0 Å². The Morgan fingerprint density at radius 2 is 2.20 bits per heavy atom. The normalized spacial score (nSPS) is 23.3. The summed E-state index contributed by atoms with van der Waals surface area (Å²) in [4.78, 5) is 6.54. The maximum absolute atomic E-state index is 14.2. The molecule has 1 aliphatic heterocycles. The van der Waals surface area contributed by atoms with E-state index in [9.17, 15) is 4.39 Å². The fraction of sp³-hybridized carbons (Fsp3) is 0.438. The molecule has 3 nitrogen and oxygen atoms in total. The second-order valence-electron chi connectivity index (χ2n) is 5.91. The highest BCUT2D eigenvalue weighted by Gasteiger charge is 2.24. The number of pyridine rings is 1. The maximum atomic E-state index is 14.2. The van der Waals surface area contributed by atoms with E-state index in [1.54, 1.807) is 19.2 Å². The van der Waals surface area contributed by atoms with E-state index in [0.29, 0.717) is 11.5 Å². The zero-order valence-electron chi connectivity index (χ0n) is 11.9. The molecule has 2 unspecified atom stereocenters. The van der Waals surface area contributed by atoms with Crippen molar-refractivity contribution in [2.24, 2.45) is 11.7 Å². The molecule has 3 rings (SSSR count). The monoisotopic (exact) mass is 273 g/mol. The minimum Gasteiger partial charge on any atom is -0.369 e. The summed E-state index contributed by atoms with van der Waals surface area (Å²) in [6, 6.07) is 5.69. The second kappa shape index (κ2) is 5.02. The van der Waals surface area contributed by atoms with E-state index in [2.05, 4.69) is 16.8 Å². The molecule has 2 heterocycles. The average molecular weight is 273 g/mol. The van der Waals surface area contributed by atoms with Gasteiger partial charge in [-0.2, -0.15) is 0 Å². The van der Waals surface area contributed by atoms with Crippen LogP contribution in [0.5, 0.6) is 0 Å². The number of halogens is 1. The highest BCUT2D eigenvalue weighted by molar-refractivity contribution is 5.94. The first kappa shape index (κ1) is 13.3. The summed E-state index contributed by atoms with van der Waals surface area (Å²) in [6.45, 7) is 5.66. The zero-order chi connectivity index (χ0) is 14.3. The number of fused-ring (bicyclic) bond motifs is 1. The predicted molar refractivity (Wildman–Crippen MR) is 80.4 cm³/mol. The van der Waals surface area contributed by atoms with E-state index in [1.807, 2.05) is 12.1 Å². The molecule has 0 spiro atoms. The summed E-state index contributed by atoms with van der Waals surface area (Å²) in [5.74, 6) is 0.327. The number of nitrogens with two attached hydrogens (primary N) is 1. The maximum Gasteiger partial charge on any atom is 0.130 e. The van der Waals surface area contributed by atoms with Crippen LogP contribution in [0.15, 0.2) is 24.4 Å². The van der Waals surface area contributed by atoms with Gasteiger partial charge in [0, 0.05) is 42.0 Å². The molecule has 1 aromatic carbocycles. The van der Waals surface area contributed by atoms with E-state index in [4.69, 9.17) is 5.73 Å². The van der Waals surface area contributed by atoms with Crippen molar-refractivity contribution in [3.05, 3.63) is 35.8 Å². The van der Waals surface area contributed by atoms with E-state index >= 15 is 0 Å². The van der Waals surface area contributed by atoms with Crippen molar-refractivity contribution in [3.8, 4) is 0 Å². The lowest BCUT2D eigenvalue weighted by molar-refractivity contribution is 0.402. The number of nitrogens with zero attached hydrogens (tertiary/aromatic N) is 2. The lowest BCUT2D eigenvalue weighted by atomic mass is 9.95. The van der Waals surface area contributed by atoms with Crippen LogP contribution in [0.3, 0.4) is 0 Å². The Bertz CT molecular complexity index is 631. The Morgan fingerprint density at radius 3 is 2.95 bits per heavy atom. The van der Waals surface area contributed by atoms with Gasteiger partial charge in [-0.15, -0.1) is 0 Å². The average Bonchev–Trinajstić information content (AvgIpc) is 2.42. The third-order valence-electron chi connectivity index (χ3n) is 4.09. The van der Waals surface area contributed by atoms with Crippen molar-refractivity contribution >= 4 is 16.6 Å². The minimum atomic E-state index is -0.196. The van der Waals surface area contributed by atoms with Gasteiger partial charge in [-0.1, -0.05) is 6.92 Å². The van der Waals surface area contributed by atoms with Crippen LogP contribution in [0.25, 0.3) is 10.9 Å². The van der Waals surface area contributed by atoms with Gasteiger partial charge in [-0.25, -0.2) is 4.39 Å². The molecule has 4 heteroatoms. The number of rotatable bonds is 1. The number of aromatic nitrogens is 1. The number of hydrogen-bond donors (Lipinski definition) is 1. The molecule has 2 N–H and O–H groups in total. The Morgan fingerprint density at radius 1 is 1.40 bits per heavy atom. The molecule has 0 saturated carbocycles. The predicted octanol–water partition coefficient (Wildman–Crippen LogP) is 2.86. The number of aryl methyl sites for hydroxylation is 1. The molecular formula is C16H20FN3. The van der Waals surface area contributed by atoms with Crippen LogP contribution >= 0.6 is 0 Å². The van der Waals surface area contributed by atoms with Crippen LogP contribution in [0, 0.1) is 18.7 Å². The minimum absolute atomic E-state index is 0.148. The summed E-state index contributed by atoms with van der Waals surface area (Å²) in [5, 5.41) is 1.01. The summed E-state index contributed by atoms with van der Waals surface area (Å²) in [6.07, 6.45) is 2.74. The first-order valence-corrected chi connectivity index (χ1v) is 7.10. The van der Waals surface area contributed by atoms with E-state index < -0.39 is 0 Å². The van der Waals surface area contributed by atoms with Crippen LogP contribution in [0.1, 0.15) is 18.9 Å². The van der Waals surface area contributed by atoms with Crippen LogP contribution < -0.4 is 10.6 Å². The highest BCUT2D eigenvalue weighted by atomic mass is 19.1. The highest BCUT2D eigenvalue weighted by Crippen LogP contribution is 2.32. The third-order valence-corrected chi connectivity index (χ3v) is 4.09. The lowest BCUT2D eigenvalue weighted by Gasteiger charge is -2.37. The van der Waals surface area contributed by atoms with Gasteiger partial charge >= 0.3 is 0 Å². The summed E-state index contributed by atoms with van der Waals surface area (Å²) in [5.41, 5.74) is 8.38. The van der Waals surface area contributed by atoms with Gasteiger partial charge in [0.2, 0.25) is 0 Å². The number of hydrogen-bond acceptors (Lipinski definition) is 3. The van der Waals surface area contributed by atoms with Crippen molar-refractivity contribution in [2.45, 2.75) is 26.3 Å². The molecule has 2 aromatic rings. The van der Waals surface area contributed by atoms with E-state index in [-0.39, 0.29) is 11.9 Å². The van der Waals surface area contributed by atoms with Gasteiger partial charge in [0.15, 0.2) is 0 Å². The Labute approximate surface area is 118 Å². The molecule has 0 radical (unpaired) electrons. The Balaban J connectivity index is 2.13. The smallest absolute Gasteiger partial charge is 0.130 e. The van der Waals surface area contributed by atoms with Crippen molar-refractivity contribution < 1.29 is 4.39 Å². The fourth-order valence-corrected chi connectivity index (χ4v) is 3.19. The van der Waals surface area contributed by atoms with Crippen molar-refractivity contribution in [3.63, 3.8) is 0 Å². The summed E-state index contributed by atoms with van der Waals surface area (Å²) in [7, 11) is 0. The Kier molecular flexibility index (Phi) is 3.34. The first-order chi connectivity index (χ1) is 9.56. The van der Waals surface area contributed by atoms with Gasteiger partial charge < -0.3 is 10.6 Å². The van der Waals surface area contributed by atoms with Crippen LogP contribution in [-0.2, 0) is 0 Å². The standard InChI is InChI=1S/C16H20FN3/c1-10-6-12(18)9-20(8-10)15-7-14(17)11(2)16-13(15)4-3-5-19-16/h3-5,7,10,12H,6,8-9,18H2,1-2H3. The topological polar surface area (TPSA) is 42.1 Å². The third kappa shape index (κ3) is 2.24. The molecule has 2 atom stereocenters. The molecule has 1 aromatic heterocycles. The molecule has 1 fully saturated rings. The quantitative estimate of drug-likeness (QED) is 0.868. The first-order valence-electron chi connectivity index (χ1n) is 7.10. The number of piperidine rings is 1. The molecule has 1 saturated heterocycles. The van der Waals surface area contributed by atoms with Gasteiger partial charge in [0.25, 0.3) is 0 Å². The van der Waals surface area contributed by atoms with Crippen LogP contribution in [-0.4, -0.2) is 24.1 Å². The molecule has 0 amide bonds. The van der Waals surface area contributed by atoms with Crippen LogP contribution in [0.2, 0.25) is 0 Å². The lowest BCUT2D eigenvalue weighted by Crippen LogP contribution is -2.46. The van der Waals surface area contributed by atoms with Crippen molar-refractivity contribution in [2.75, 3.05) is 18.0 Å². The van der Waals surface area contributed by atoms with Crippen molar-refractivity contribution in [1.82, 2.24) is 4.98 Å². The largest absolute Gasteiger partial charge is 0.369 e. The summed E-state index contributed by atoms with van der Waals surface area (Å²) >= 11 is 0. The second-order valence-corrected chi connectivity index (χ2v) is 5.91. The zero-order valence-corrected chi connectivity index (χ0v) is 11.9. The molecular weight excluding hydrogens is 253 g/mol. The SMILES string of the molecule is Cc1c(F)cc(N2CC(C)CC(N)C2)c2cccnc12. The van der Waals surface area contributed by atoms with Gasteiger partial charge in [0.05, 0.1) is 5.52 Å². The fourth-order valence-electron chi connectivity index (χ4n) is 3.19. The van der Waals surface area contributed by atoms with Gasteiger partial charge in [0.1, 0.15) is 5.82 Å². The summed E-state index contributed by atoms with van der Waals surface area (Å²) < 4.78 is 14.2. The van der Waals surface area contributed by atoms with E-state index in [0.717, 1.165) is 36.1 Å². The molecule has 1 aliphatic rings. The van der Waals surface area contributed by atoms with Crippen LogP contribution in [0.4, 0.5) is 10.1 Å². The Hall–Kier alpha value is -1.68. The molecule has 0 aliphatic carbocycles. The molecule has 106 valence electrons. The van der Waals surface area contributed by atoms with Crippen molar-refractivity contribution in [1.29, 1.82) is 0 Å². The molecule has 20 heavy (non-hydrogen) atoms. The molecule has 0 bridgehead atoms. The number of anilines is 1. The van der Waals surface area contributed by atoms with Gasteiger partial charge in [-0.05, 0) is 37.5 Å². The number of benzene rings is 1. The van der Waals surface area contributed by atoms with Gasteiger partial charge in [-0.3, -0.25) is 4.98 Å².